The molecule has 8 saturated carbocycles. The molecule has 26 heteroatoms. The molecule has 0 aromatic carbocycles. The fraction of sp³-hybridized carbons (Fsp3) is 0.781. The minimum absolute atomic E-state index is 0. The second-order valence-corrected chi connectivity index (χ2v) is 71.7. The van der Waals surface area contributed by atoms with E-state index < -0.39 is 52.4 Å². The van der Waals surface area contributed by atoms with Gasteiger partial charge >= 0.3 is 202 Å². The van der Waals surface area contributed by atoms with Gasteiger partial charge in [0.15, 0.2) is 6.10 Å². The normalized spacial score (nSPS) is 23.9. The van der Waals surface area contributed by atoms with Crippen molar-refractivity contribution in [1.29, 1.82) is 0 Å². The SMILES string of the molecule is C.C.C.C.CC.CC.CC.CC.CC(=O)OCC(COC(=O)C12CC3CC(C1)C(OC(=O)C(C)(C)C)C(C3)C2)OC(C)=O.CC(=O)n1ccnc1.CC(=O)n1ccnc1.CC(C)(C)C(=O)OC1C2CC3CC1CC(C(=O)OCC(O)CO)(C3)C2.II(I)I.[K+].[K+]. The Labute approximate surface area is 664 Å². The van der Waals surface area contributed by atoms with E-state index >= 15 is 0 Å². The van der Waals surface area contributed by atoms with Crippen molar-refractivity contribution < 1.29 is 180 Å². The molecule has 20 nitrogen and oxygen atoms in total. The number of hydrogen-bond donors (Lipinski definition) is 2. The van der Waals surface area contributed by atoms with Gasteiger partial charge in [-0.1, -0.05) is 85.1 Å². The Morgan fingerprint density at radius 2 is 0.844 bits per heavy atom. The summed E-state index contributed by atoms with van der Waals surface area (Å²) in [7, 11) is -0.353. The zero-order valence-corrected chi connectivity index (χ0v) is 69.9. The molecule has 6 atom stereocenters. The summed E-state index contributed by atoms with van der Waals surface area (Å²) in [4.78, 5) is 101. The number of nitrogens with zero attached hydrogens (tertiary/aromatic N) is 4. The van der Waals surface area contributed by atoms with Gasteiger partial charge in [0, 0.05) is 52.5 Å². The van der Waals surface area contributed by atoms with E-state index in [0.717, 1.165) is 38.5 Å². The Bertz CT molecular complexity index is 2230. The molecule has 0 saturated heterocycles. The molecule has 8 fully saturated rings. The molecule has 2 aromatic rings. The van der Waals surface area contributed by atoms with E-state index in [9.17, 15) is 43.5 Å². The third kappa shape index (κ3) is 36.0. The van der Waals surface area contributed by atoms with Crippen LogP contribution in [0.15, 0.2) is 37.4 Å². The zero-order chi connectivity index (χ0) is 64.9. The van der Waals surface area contributed by atoms with E-state index in [2.05, 4.69) is 65.8 Å². The van der Waals surface area contributed by atoms with Gasteiger partial charge in [0.05, 0.1) is 28.3 Å². The minimum atomic E-state index is -1.03. The van der Waals surface area contributed by atoms with Crippen molar-refractivity contribution in [2.24, 2.45) is 57.2 Å². The van der Waals surface area contributed by atoms with Gasteiger partial charge in [0.1, 0.15) is 50.8 Å². The number of aliphatic hydroxyl groups is 2. The molecular formula is C64H116I4K2N4O16+2. The second kappa shape index (κ2) is 52.7. The molecule has 2 N–H and O–H groups in total. The van der Waals surface area contributed by atoms with Crippen molar-refractivity contribution in [2.75, 3.05) is 26.4 Å². The quantitative estimate of drug-likeness (QED) is 0.0866. The van der Waals surface area contributed by atoms with Gasteiger partial charge in [-0.3, -0.25) is 47.5 Å². The van der Waals surface area contributed by atoms with Crippen LogP contribution >= 0.6 is 63.7 Å². The van der Waals surface area contributed by atoms with Crippen molar-refractivity contribution in [3.8, 4) is 0 Å². The van der Waals surface area contributed by atoms with Crippen LogP contribution in [0, 0.1) is 57.2 Å². The van der Waals surface area contributed by atoms with E-state index in [0.29, 0.717) is 37.5 Å². The fourth-order valence-corrected chi connectivity index (χ4v) is 11.6. The molecule has 2 heterocycles. The Morgan fingerprint density at radius 3 is 1.08 bits per heavy atom. The Balaban J connectivity index is -0.000000208. The molecule has 0 spiro atoms. The number of halogens is 4. The largest absolute Gasteiger partial charge is 1.00 e. The number of esters is 6. The summed E-state index contributed by atoms with van der Waals surface area (Å²) < 4.78 is 35.5. The average Bonchev–Trinajstić information content (AvgIpc) is 0.818. The summed E-state index contributed by atoms with van der Waals surface area (Å²) in [6.45, 7) is 31.7. The van der Waals surface area contributed by atoms with Crippen LogP contribution in [0.4, 0.5) is 0 Å². The van der Waals surface area contributed by atoms with Crippen molar-refractivity contribution in [3.63, 3.8) is 0 Å². The number of aliphatic hydroxyl groups excluding tert-OH is 2. The molecule has 90 heavy (non-hydrogen) atoms. The van der Waals surface area contributed by atoms with E-state index in [1.54, 1.807) is 24.8 Å². The van der Waals surface area contributed by atoms with Gasteiger partial charge in [-0.2, -0.15) is 0 Å². The molecule has 8 bridgehead atoms. The van der Waals surface area contributed by atoms with Crippen LogP contribution in [0.5, 0.6) is 0 Å². The zero-order valence-electron chi connectivity index (χ0n) is 55.0. The second-order valence-electron chi connectivity index (χ2n) is 22.9. The maximum Gasteiger partial charge on any atom is 1.00 e. The molecule has 8 aliphatic rings. The van der Waals surface area contributed by atoms with E-state index in [-0.39, 0.29) is 232 Å². The summed E-state index contributed by atoms with van der Waals surface area (Å²) in [5.41, 5.74) is -2.16. The third-order valence-corrected chi connectivity index (χ3v) is 14.5. The van der Waals surface area contributed by atoms with Crippen LogP contribution in [-0.4, -0.2) is 128 Å². The Hall–Kier alpha value is 0.693. The molecule has 2 aromatic heterocycles. The van der Waals surface area contributed by atoms with Crippen LogP contribution < -0.4 is 103 Å². The number of ether oxygens (including phenoxy) is 6. The molecule has 0 amide bonds. The fourth-order valence-electron chi connectivity index (χ4n) is 11.6. The first kappa shape index (κ1) is 104. The number of hydrogen-bond acceptors (Lipinski definition) is 18. The van der Waals surface area contributed by atoms with Crippen LogP contribution in [-0.2, 0) is 57.2 Å². The van der Waals surface area contributed by atoms with Crippen molar-refractivity contribution >= 4 is 111 Å². The standard InChI is InChI=1S/C23H34O8.C19H30O6.2C5H6N2O.4C2H6.4CH4.I4.2K/c1-13(24)28-11-18(30-14(2)25)12-29-21(27)23-8-15-6-16(9-23)19(17(7-15)10-23)31-20(26)22(3,4)5;1-18(2,3)16(22)25-15-12-4-11-5-13(15)8-19(6-11,7-12)17(23)24-10-14(21)9-20;2*1-5(8)7-3-2-6-4-7;4*1-2;;;;;1-4(2)3;;/h15-19H,6-12H2,1-5H3;11-15,20-21H,4-10H2,1-3H3;2*2-4H,1H3;4*1-2H3;4*1H4;;;/q;;;;;;;;;;;;;2*+1. The van der Waals surface area contributed by atoms with Crippen LogP contribution in [0.1, 0.15) is 228 Å². The topological polar surface area (TPSA) is 268 Å². The smallest absolute Gasteiger partial charge is 1.00 e. The summed E-state index contributed by atoms with van der Waals surface area (Å²) in [6.07, 6.45) is 15.4. The molecule has 8 aliphatic carbocycles. The summed E-state index contributed by atoms with van der Waals surface area (Å²) >= 11 is 7.42. The van der Waals surface area contributed by atoms with Crippen LogP contribution in [0.25, 0.3) is 0 Å². The van der Waals surface area contributed by atoms with Gasteiger partial charge < -0.3 is 38.6 Å². The maximum absolute atomic E-state index is 13.1. The van der Waals surface area contributed by atoms with Gasteiger partial charge in [-0.15, -0.1) is 0 Å². The molecule has 516 valence electrons. The van der Waals surface area contributed by atoms with E-state index in [1.807, 2.05) is 96.9 Å². The molecule has 10 rings (SSSR count). The first-order valence-electron chi connectivity index (χ1n) is 29.4. The number of imidazole rings is 2. The molecule has 0 radical (unpaired) electrons. The third-order valence-electron chi connectivity index (χ3n) is 14.5. The number of aromatic nitrogens is 4. The maximum atomic E-state index is 13.1. The molecule has 0 aliphatic heterocycles. The predicted molar refractivity (Wildman–Crippen MR) is 383 cm³/mol. The van der Waals surface area contributed by atoms with Crippen molar-refractivity contribution in [1.82, 2.24) is 19.1 Å². The number of carbonyl (C=O) groups is 8. The Kier molecular flexibility index (Phi) is 61.0. The van der Waals surface area contributed by atoms with Gasteiger partial charge in [0.25, 0.3) is 0 Å². The van der Waals surface area contributed by atoms with E-state index in [4.69, 9.17) is 33.5 Å². The first-order chi connectivity index (χ1) is 39.4. The molecular weight excluding hydrogens is 1670 g/mol. The predicted octanol–water partition coefficient (Wildman–Crippen LogP) is 9.76. The average molecular weight is 1780 g/mol. The van der Waals surface area contributed by atoms with Crippen LogP contribution in [0.2, 0.25) is 0 Å². The van der Waals surface area contributed by atoms with Gasteiger partial charge in [-0.05, 0) is 141 Å². The van der Waals surface area contributed by atoms with Crippen LogP contribution in [0.3, 0.4) is 0 Å². The molecule has 6 unspecified atom stereocenters. The monoisotopic (exact) mass is 1780 g/mol. The van der Waals surface area contributed by atoms with E-state index in [1.165, 1.54) is 49.5 Å². The van der Waals surface area contributed by atoms with Crippen molar-refractivity contribution in [3.05, 3.63) is 37.4 Å². The van der Waals surface area contributed by atoms with Gasteiger partial charge in [0.2, 0.25) is 11.8 Å². The summed E-state index contributed by atoms with van der Waals surface area (Å²) in [5.74, 6) is -0.322. The summed E-state index contributed by atoms with van der Waals surface area (Å²) in [5, 5.41) is 18.3. The first-order valence-corrected chi connectivity index (χ1v) is 48.3. The summed E-state index contributed by atoms with van der Waals surface area (Å²) in [6, 6.07) is 0. The minimum Gasteiger partial charge on any atom is 1.00 e. The Morgan fingerprint density at radius 1 is 0.544 bits per heavy atom. The van der Waals surface area contributed by atoms with Gasteiger partial charge in [-0.25, -0.2) is 9.97 Å². The number of rotatable bonds is 12. The van der Waals surface area contributed by atoms with Crippen molar-refractivity contribution in [2.45, 2.75) is 243 Å². The number of carbonyl (C=O) groups excluding carboxylic acids is 8.